The summed E-state index contributed by atoms with van der Waals surface area (Å²) in [5.41, 5.74) is -1.13. The molecule has 3 aliphatic heterocycles. The third kappa shape index (κ3) is 3.20. The van der Waals surface area contributed by atoms with E-state index in [9.17, 15) is 14.7 Å². The summed E-state index contributed by atoms with van der Waals surface area (Å²) < 4.78 is 18.0. The molecule has 1 aliphatic carbocycles. The third-order valence-electron chi connectivity index (χ3n) is 8.06. The van der Waals surface area contributed by atoms with E-state index in [2.05, 4.69) is 19.1 Å². The van der Waals surface area contributed by atoms with E-state index in [0.29, 0.717) is 5.56 Å². The minimum Gasteiger partial charge on any atom is -0.462 e. The highest BCUT2D eigenvalue weighted by Crippen LogP contribution is 2.65. The second-order valence-corrected chi connectivity index (χ2v) is 11.5. The Balaban J connectivity index is 1.41. The van der Waals surface area contributed by atoms with Crippen molar-refractivity contribution in [3.8, 4) is 0 Å². The van der Waals surface area contributed by atoms with E-state index in [-0.39, 0.29) is 42.5 Å². The molecule has 34 heavy (non-hydrogen) atoms. The Morgan fingerprint density at radius 2 is 2.00 bits per heavy atom. The van der Waals surface area contributed by atoms with E-state index in [0.717, 1.165) is 19.3 Å². The van der Waals surface area contributed by atoms with Crippen molar-refractivity contribution in [1.29, 1.82) is 0 Å². The molecule has 184 valence electrons. The van der Waals surface area contributed by atoms with Gasteiger partial charge in [-0.3, -0.25) is 9.69 Å². The molecule has 0 saturated carbocycles. The van der Waals surface area contributed by atoms with Crippen LogP contribution in [0.5, 0.6) is 0 Å². The van der Waals surface area contributed by atoms with E-state index in [1.807, 2.05) is 26.8 Å². The topological polar surface area (TPSA) is 85.3 Å². The Kier molecular flexibility index (Phi) is 5.47. The Bertz CT molecular complexity index is 1000. The Morgan fingerprint density at radius 1 is 1.26 bits per heavy atom. The maximum atomic E-state index is 13.8. The number of carbonyl (C=O) groups excluding carboxylic acids is 2. The standard InChI is InChI=1S/C27H35NO6/c1-24(2,3)23-28-20(29)19(13-16-32-21(30)18-11-7-5-8-12-18)27(31)26(28,17-33-23)22(34-27)25(4)14-9-6-10-15-25/h5,7-9,11-12,14,19,22-23,31H,6,10,13,15-17H2,1-4H3/t19-,22+,23-,25+,26+,27+/m0/s1. The first-order valence-corrected chi connectivity index (χ1v) is 12.3. The van der Waals surface area contributed by atoms with Crippen molar-refractivity contribution >= 4 is 11.9 Å². The summed E-state index contributed by atoms with van der Waals surface area (Å²) in [6.07, 6.45) is 6.68. The lowest BCUT2D eigenvalue weighted by atomic mass is 9.61. The predicted molar refractivity (Wildman–Crippen MR) is 125 cm³/mol. The maximum Gasteiger partial charge on any atom is 0.338 e. The molecular formula is C27H35NO6. The number of benzene rings is 1. The fraction of sp³-hybridized carbons (Fsp3) is 0.630. The molecule has 3 heterocycles. The van der Waals surface area contributed by atoms with E-state index < -0.39 is 29.4 Å². The molecule has 0 unspecified atom stereocenters. The van der Waals surface area contributed by atoms with Gasteiger partial charge in [0.1, 0.15) is 17.9 Å². The number of hydrogen-bond acceptors (Lipinski definition) is 6. The normalized spacial score (nSPS) is 38.9. The summed E-state index contributed by atoms with van der Waals surface area (Å²) in [6.45, 7) is 8.50. The van der Waals surface area contributed by atoms with Crippen molar-refractivity contribution in [1.82, 2.24) is 4.90 Å². The molecule has 0 bridgehead atoms. The molecule has 7 heteroatoms. The van der Waals surface area contributed by atoms with Gasteiger partial charge in [-0.1, -0.05) is 58.0 Å². The van der Waals surface area contributed by atoms with Crippen molar-refractivity contribution < 1.29 is 28.9 Å². The van der Waals surface area contributed by atoms with Gasteiger partial charge in [-0.25, -0.2) is 4.79 Å². The van der Waals surface area contributed by atoms with Gasteiger partial charge in [0.2, 0.25) is 11.7 Å². The van der Waals surface area contributed by atoms with E-state index in [1.165, 1.54) is 0 Å². The Labute approximate surface area is 201 Å². The molecule has 1 N–H and O–H groups in total. The number of ether oxygens (including phenoxy) is 3. The zero-order valence-electron chi connectivity index (χ0n) is 20.5. The molecule has 0 aromatic heterocycles. The number of allylic oxidation sites excluding steroid dienone is 1. The van der Waals surface area contributed by atoms with Crippen LogP contribution in [0, 0.1) is 16.7 Å². The summed E-state index contributed by atoms with van der Waals surface area (Å²) >= 11 is 0. The fourth-order valence-corrected chi connectivity index (χ4v) is 6.40. The summed E-state index contributed by atoms with van der Waals surface area (Å²) in [6, 6.07) is 8.74. The number of rotatable bonds is 5. The van der Waals surface area contributed by atoms with E-state index >= 15 is 0 Å². The van der Waals surface area contributed by atoms with Crippen molar-refractivity contribution in [2.75, 3.05) is 13.2 Å². The second-order valence-electron chi connectivity index (χ2n) is 11.5. The molecule has 1 aromatic carbocycles. The van der Waals surface area contributed by atoms with E-state index in [1.54, 1.807) is 29.2 Å². The van der Waals surface area contributed by atoms with Gasteiger partial charge in [-0.15, -0.1) is 0 Å². The van der Waals surface area contributed by atoms with Crippen LogP contribution in [-0.2, 0) is 19.0 Å². The largest absolute Gasteiger partial charge is 0.462 e. The van der Waals surface area contributed by atoms with Crippen LogP contribution < -0.4 is 0 Å². The predicted octanol–water partition coefficient (Wildman–Crippen LogP) is 3.67. The molecule has 3 fully saturated rings. The van der Waals surface area contributed by atoms with Crippen LogP contribution in [0.25, 0.3) is 0 Å². The van der Waals surface area contributed by atoms with E-state index in [4.69, 9.17) is 14.2 Å². The first-order chi connectivity index (χ1) is 16.0. The zero-order chi connectivity index (χ0) is 24.4. The SMILES string of the molecule is CC(C)(C)[C@@H]1OC[C@@]23[C@@H]([C@]4(C)C=CCCC4)O[C@]2(O)[C@@H](CCOC(=O)c2ccccc2)C(=O)N13. The van der Waals surface area contributed by atoms with Crippen LogP contribution in [0.4, 0.5) is 0 Å². The average Bonchev–Trinajstić information content (AvgIpc) is 3.29. The summed E-state index contributed by atoms with van der Waals surface area (Å²) in [7, 11) is 0. The maximum absolute atomic E-state index is 13.8. The van der Waals surface area contributed by atoms with Gasteiger partial charge in [0.15, 0.2) is 0 Å². The molecule has 0 radical (unpaired) electrons. The Morgan fingerprint density at radius 3 is 2.65 bits per heavy atom. The Hall–Kier alpha value is -2.22. The highest BCUT2D eigenvalue weighted by atomic mass is 16.7. The smallest absolute Gasteiger partial charge is 0.338 e. The molecule has 3 saturated heterocycles. The van der Waals surface area contributed by atoms with Gasteiger partial charge < -0.3 is 19.3 Å². The minimum atomic E-state index is -1.68. The lowest BCUT2D eigenvalue weighted by Crippen LogP contribution is -2.81. The van der Waals surface area contributed by atoms with Crippen LogP contribution in [0.3, 0.4) is 0 Å². The molecule has 6 atom stereocenters. The lowest BCUT2D eigenvalue weighted by Gasteiger charge is -2.62. The number of esters is 1. The van der Waals surface area contributed by atoms with Crippen LogP contribution in [0.1, 0.15) is 63.7 Å². The second kappa shape index (κ2) is 7.90. The van der Waals surface area contributed by atoms with Crippen LogP contribution in [0.2, 0.25) is 0 Å². The van der Waals surface area contributed by atoms with Gasteiger partial charge in [0, 0.05) is 10.8 Å². The molecular weight excluding hydrogens is 434 g/mol. The number of hydrogen-bond donors (Lipinski definition) is 1. The number of nitrogens with zero attached hydrogens (tertiary/aromatic N) is 1. The highest BCUT2D eigenvalue weighted by Gasteiger charge is 2.85. The minimum absolute atomic E-state index is 0.0165. The number of amides is 1. The molecule has 7 nitrogen and oxygen atoms in total. The fourth-order valence-electron chi connectivity index (χ4n) is 6.40. The average molecular weight is 470 g/mol. The molecule has 5 rings (SSSR count). The van der Waals surface area contributed by atoms with Crippen molar-refractivity contribution in [2.45, 2.75) is 77.0 Å². The summed E-state index contributed by atoms with van der Waals surface area (Å²) in [4.78, 5) is 28.0. The van der Waals surface area contributed by atoms with Crippen molar-refractivity contribution in [3.05, 3.63) is 48.0 Å². The summed E-state index contributed by atoms with van der Waals surface area (Å²) in [5, 5.41) is 11.9. The highest BCUT2D eigenvalue weighted by molar-refractivity contribution is 5.89. The monoisotopic (exact) mass is 469 g/mol. The van der Waals surface area contributed by atoms with Gasteiger partial charge in [-0.2, -0.15) is 0 Å². The van der Waals surface area contributed by atoms with Gasteiger partial charge in [0.05, 0.1) is 24.7 Å². The zero-order valence-corrected chi connectivity index (χ0v) is 20.5. The van der Waals surface area contributed by atoms with Gasteiger partial charge in [0.25, 0.3) is 0 Å². The van der Waals surface area contributed by atoms with Crippen LogP contribution in [0.15, 0.2) is 42.5 Å². The molecule has 1 amide bonds. The van der Waals surface area contributed by atoms with Crippen molar-refractivity contribution in [3.63, 3.8) is 0 Å². The molecule has 1 aromatic rings. The van der Waals surface area contributed by atoms with Gasteiger partial charge >= 0.3 is 5.97 Å². The lowest BCUT2D eigenvalue weighted by molar-refractivity contribution is -0.412. The van der Waals surface area contributed by atoms with Crippen molar-refractivity contribution in [2.24, 2.45) is 16.7 Å². The molecule has 4 aliphatic rings. The number of aliphatic hydroxyl groups is 1. The number of carbonyl (C=O) groups is 2. The molecule has 1 spiro atoms. The first kappa shape index (κ1) is 23.5. The summed E-state index contributed by atoms with van der Waals surface area (Å²) in [5.74, 6) is -3.14. The quantitative estimate of drug-likeness (QED) is 0.523. The van der Waals surface area contributed by atoms with Crippen LogP contribution in [-0.4, -0.2) is 58.8 Å². The third-order valence-corrected chi connectivity index (χ3v) is 8.06. The first-order valence-electron chi connectivity index (χ1n) is 12.3. The van der Waals surface area contributed by atoms with Crippen LogP contribution >= 0.6 is 0 Å². The van der Waals surface area contributed by atoms with Gasteiger partial charge in [-0.05, 0) is 37.8 Å².